The Kier molecular flexibility index (Phi) is 5.14. The fourth-order valence-electron chi connectivity index (χ4n) is 2.79. The molecule has 0 saturated heterocycles. The van der Waals surface area contributed by atoms with Crippen LogP contribution < -0.4 is 0 Å². The van der Waals surface area contributed by atoms with Gasteiger partial charge in [-0.3, -0.25) is 9.59 Å². The second-order valence-corrected chi connectivity index (χ2v) is 5.36. The average Bonchev–Trinajstić information content (AvgIpc) is 2.71. The number of carbonyl (C=O) groups is 2. The summed E-state index contributed by atoms with van der Waals surface area (Å²) in [5.74, 6) is -1.72. The molecule has 104 valence electrons. The number of rotatable bonds is 5. The van der Waals surface area contributed by atoms with Crippen molar-refractivity contribution in [3.8, 4) is 0 Å². The summed E-state index contributed by atoms with van der Waals surface area (Å²) >= 11 is 0. The van der Waals surface area contributed by atoms with E-state index in [0.717, 1.165) is 6.42 Å². The predicted molar refractivity (Wildman–Crippen MR) is 66.9 cm³/mol. The lowest BCUT2D eigenvalue weighted by Crippen LogP contribution is -2.40. The highest BCUT2D eigenvalue weighted by Crippen LogP contribution is 2.39. The molecule has 1 fully saturated rings. The van der Waals surface area contributed by atoms with Crippen molar-refractivity contribution in [2.75, 3.05) is 13.6 Å². The van der Waals surface area contributed by atoms with Gasteiger partial charge in [0.15, 0.2) is 0 Å². The van der Waals surface area contributed by atoms with E-state index >= 15 is 0 Å². The van der Waals surface area contributed by atoms with Crippen molar-refractivity contribution in [2.45, 2.75) is 39.2 Å². The number of amides is 1. The Morgan fingerprint density at radius 3 is 2.33 bits per heavy atom. The molecule has 0 aromatic rings. The van der Waals surface area contributed by atoms with Crippen molar-refractivity contribution < 1.29 is 19.8 Å². The van der Waals surface area contributed by atoms with Gasteiger partial charge in [0.25, 0.3) is 0 Å². The molecule has 0 radical (unpaired) electrons. The van der Waals surface area contributed by atoms with E-state index in [1.54, 1.807) is 14.0 Å². The van der Waals surface area contributed by atoms with Crippen molar-refractivity contribution in [3.63, 3.8) is 0 Å². The number of carboxylic acid groups (broad SMARTS) is 1. The molecule has 1 saturated carbocycles. The van der Waals surface area contributed by atoms with Crippen molar-refractivity contribution in [3.05, 3.63) is 0 Å². The zero-order chi connectivity index (χ0) is 13.9. The van der Waals surface area contributed by atoms with Crippen LogP contribution in [0.4, 0.5) is 0 Å². The van der Waals surface area contributed by atoms with Crippen LogP contribution in [0.1, 0.15) is 33.1 Å². The molecule has 1 aliphatic carbocycles. The highest BCUT2D eigenvalue weighted by Gasteiger charge is 2.43. The maximum Gasteiger partial charge on any atom is 0.307 e. The number of nitrogens with zero attached hydrogens (tertiary/aromatic N) is 1. The fourth-order valence-corrected chi connectivity index (χ4v) is 2.79. The first-order valence-corrected chi connectivity index (χ1v) is 6.52. The minimum absolute atomic E-state index is 0.153. The van der Waals surface area contributed by atoms with Crippen LogP contribution in [0, 0.1) is 17.8 Å². The Bertz CT molecular complexity index is 316. The van der Waals surface area contributed by atoms with E-state index in [-0.39, 0.29) is 12.5 Å². The van der Waals surface area contributed by atoms with E-state index in [1.165, 1.54) is 4.90 Å². The Labute approximate surface area is 108 Å². The summed E-state index contributed by atoms with van der Waals surface area (Å²) in [4.78, 5) is 24.9. The lowest BCUT2D eigenvalue weighted by atomic mass is 9.95. The maximum atomic E-state index is 12.2. The van der Waals surface area contributed by atoms with Gasteiger partial charge in [-0.05, 0) is 25.7 Å². The quantitative estimate of drug-likeness (QED) is 0.769. The standard InChI is InChI=1S/C13H23NO4/c1-4-9-5-10(11(6-9)13(17)18)12(16)14(3)7-8(2)15/h8-11,15H,4-7H2,1-3H3,(H,17,18)/t8?,9?,10-,11+/m0/s1. The van der Waals surface area contributed by atoms with Crippen molar-refractivity contribution in [1.29, 1.82) is 0 Å². The zero-order valence-electron chi connectivity index (χ0n) is 11.3. The number of likely N-dealkylation sites (N-methyl/N-ethyl adjacent to an activating group) is 1. The summed E-state index contributed by atoms with van der Waals surface area (Å²) in [5, 5.41) is 18.5. The van der Waals surface area contributed by atoms with Crippen molar-refractivity contribution >= 4 is 11.9 Å². The molecular formula is C13H23NO4. The highest BCUT2D eigenvalue weighted by molar-refractivity contribution is 5.85. The van der Waals surface area contributed by atoms with E-state index in [9.17, 15) is 19.8 Å². The predicted octanol–water partition coefficient (Wildman–Crippen LogP) is 0.963. The third-order valence-electron chi connectivity index (χ3n) is 3.79. The zero-order valence-corrected chi connectivity index (χ0v) is 11.3. The van der Waals surface area contributed by atoms with Crippen LogP contribution in [-0.2, 0) is 9.59 Å². The number of hydrogen-bond acceptors (Lipinski definition) is 3. The topological polar surface area (TPSA) is 77.8 Å². The summed E-state index contributed by atoms with van der Waals surface area (Å²) in [6.07, 6.45) is 1.56. The molecule has 0 aromatic heterocycles. The van der Waals surface area contributed by atoms with Crippen LogP contribution >= 0.6 is 0 Å². The lowest BCUT2D eigenvalue weighted by Gasteiger charge is -2.24. The third-order valence-corrected chi connectivity index (χ3v) is 3.79. The van der Waals surface area contributed by atoms with Gasteiger partial charge < -0.3 is 15.1 Å². The molecule has 0 spiro atoms. The van der Waals surface area contributed by atoms with E-state index in [1.807, 2.05) is 6.92 Å². The second-order valence-electron chi connectivity index (χ2n) is 5.36. The van der Waals surface area contributed by atoms with Crippen LogP contribution in [0.2, 0.25) is 0 Å². The van der Waals surface area contributed by atoms with E-state index in [2.05, 4.69) is 0 Å². The molecule has 0 aliphatic heterocycles. The Morgan fingerprint density at radius 1 is 1.33 bits per heavy atom. The van der Waals surface area contributed by atoms with Crippen LogP contribution in [0.3, 0.4) is 0 Å². The number of hydrogen-bond donors (Lipinski definition) is 2. The molecule has 0 aromatic carbocycles. The highest BCUT2D eigenvalue weighted by atomic mass is 16.4. The minimum atomic E-state index is -0.880. The molecular weight excluding hydrogens is 234 g/mol. The number of aliphatic hydroxyl groups is 1. The van der Waals surface area contributed by atoms with Gasteiger partial charge >= 0.3 is 5.97 Å². The van der Waals surface area contributed by atoms with Crippen LogP contribution in [0.5, 0.6) is 0 Å². The van der Waals surface area contributed by atoms with Crippen LogP contribution in [0.25, 0.3) is 0 Å². The molecule has 2 N–H and O–H groups in total. The van der Waals surface area contributed by atoms with Crippen LogP contribution in [-0.4, -0.2) is 46.7 Å². The van der Waals surface area contributed by atoms with Crippen molar-refractivity contribution in [1.82, 2.24) is 4.90 Å². The summed E-state index contributed by atoms with van der Waals surface area (Å²) in [6, 6.07) is 0. The number of carbonyl (C=O) groups excluding carboxylic acids is 1. The van der Waals surface area contributed by atoms with E-state index in [4.69, 9.17) is 0 Å². The lowest BCUT2D eigenvalue weighted by molar-refractivity contribution is -0.149. The smallest absolute Gasteiger partial charge is 0.307 e. The SMILES string of the molecule is CCC1C[C@H](C(=O)N(C)CC(C)O)[C@H](C(=O)O)C1. The van der Waals surface area contributed by atoms with Gasteiger partial charge in [0.2, 0.25) is 5.91 Å². The largest absolute Gasteiger partial charge is 0.481 e. The average molecular weight is 257 g/mol. The first-order chi connectivity index (χ1) is 8.36. The Hall–Kier alpha value is -1.10. The van der Waals surface area contributed by atoms with E-state index < -0.39 is 23.9 Å². The Morgan fingerprint density at radius 2 is 1.89 bits per heavy atom. The Balaban J connectivity index is 2.73. The van der Waals surface area contributed by atoms with Gasteiger partial charge in [0, 0.05) is 13.6 Å². The summed E-state index contributed by atoms with van der Waals surface area (Å²) < 4.78 is 0. The molecule has 5 nitrogen and oxygen atoms in total. The summed E-state index contributed by atoms with van der Waals surface area (Å²) in [5.41, 5.74) is 0. The third kappa shape index (κ3) is 3.45. The van der Waals surface area contributed by atoms with Gasteiger partial charge in [-0.2, -0.15) is 0 Å². The summed E-state index contributed by atoms with van der Waals surface area (Å²) in [7, 11) is 1.62. The molecule has 1 rings (SSSR count). The minimum Gasteiger partial charge on any atom is -0.481 e. The van der Waals surface area contributed by atoms with Gasteiger partial charge in [0.1, 0.15) is 0 Å². The number of aliphatic carboxylic acids is 1. The van der Waals surface area contributed by atoms with Gasteiger partial charge in [0.05, 0.1) is 17.9 Å². The van der Waals surface area contributed by atoms with Crippen molar-refractivity contribution in [2.24, 2.45) is 17.8 Å². The molecule has 5 heteroatoms. The number of aliphatic hydroxyl groups excluding tert-OH is 1. The molecule has 18 heavy (non-hydrogen) atoms. The number of carboxylic acids is 1. The molecule has 4 atom stereocenters. The first kappa shape index (κ1) is 15.0. The molecule has 1 amide bonds. The molecule has 2 unspecified atom stereocenters. The van der Waals surface area contributed by atoms with Gasteiger partial charge in [-0.1, -0.05) is 13.3 Å². The van der Waals surface area contributed by atoms with E-state index in [0.29, 0.717) is 18.8 Å². The second kappa shape index (κ2) is 6.18. The van der Waals surface area contributed by atoms with Gasteiger partial charge in [-0.15, -0.1) is 0 Å². The molecule has 1 aliphatic rings. The monoisotopic (exact) mass is 257 g/mol. The fraction of sp³-hybridized carbons (Fsp3) is 0.846. The maximum absolute atomic E-state index is 12.2. The first-order valence-electron chi connectivity index (χ1n) is 6.52. The normalized spacial score (nSPS) is 29.0. The van der Waals surface area contributed by atoms with Gasteiger partial charge in [-0.25, -0.2) is 0 Å². The van der Waals surface area contributed by atoms with Crippen LogP contribution in [0.15, 0.2) is 0 Å². The molecule has 0 heterocycles. The molecule has 0 bridgehead atoms. The summed E-state index contributed by atoms with van der Waals surface area (Å²) in [6.45, 7) is 3.89.